The van der Waals surface area contributed by atoms with Crippen molar-refractivity contribution in [3.05, 3.63) is 67.9 Å². The molecule has 0 aliphatic heterocycles. The third kappa shape index (κ3) is 3.73. The molecule has 0 saturated carbocycles. The molecule has 1 N–H and O–H groups in total. The Kier molecular flexibility index (Phi) is 5.44. The topological polar surface area (TPSA) is 12.0 Å². The van der Waals surface area contributed by atoms with Gasteiger partial charge in [0, 0.05) is 26.1 Å². The molecule has 0 fully saturated rings. The second-order valence-electron chi connectivity index (χ2n) is 4.45. The lowest BCUT2D eigenvalue weighted by atomic mass is 9.98. The highest BCUT2D eigenvalue weighted by Crippen LogP contribution is 2.28. The first-order valence-corrected chi connectivity index (χ1v) is 7.62. The van der Waals surface area contributed by atoms with Gasteiger partial charge in [-0.25, -0.2) is 4.39 Å². The fourth-order valence-corrected chi connectivity index (χ4v) is 2.92. The number of nitrogens with one attached hydrogen (secondary N) is 1. The zero-order valence-corrected chi connectivity index (χ0v) is 13.9. The van der Waals surface area contributed by atoms with Gasteiger partial charge < -0.3 is 5.32 Å². The van der Waals surface area contributed by atoms with E-state index in [1.807, 2.05) is 6.07 Å². The van der Waals surface area contributed by atoms with E-state index in [1.165, 1.54) is 6.07 Å². The molecule has 2 rings (SSSR count). The maximum absolute atomic E-state index is 14.0. The molecule has 0 spiro atoms. The number of hydrogen-bond acceptors (Lipinski definition) is 1. The van der Waals surface area contributed by atoms with Crippen molar-refractivity contribution in [3.8, 4) is 0 Å². The largest absolute Gasteiger partial charge is 0.313 e. The predicted octanol–water partition coefficient (Wildman–Crippen LogP) is 5.40. The van der Waals surface area contributed by atoms with Gasteiger partial charge in [0.15, 0.2) is 0 Å². The van der Waals surface area contributed by atoms with Crippen LogP contribution in [0.1, 0.15) is 17.2 Å². The predicted molar refractivity (Wildman–Crippen MR) is 86.1 cm³/mol. The Morgan fingerprint density at radius 3 is 2.60 bits per heavy atom. The first-order chi connectivity index (χ1) is 9.51. The molecule has 0 aliphatic rings. The highest BCUT2D eigenvalue weighted by atomic mass is 79.9. The van der Waals surface area contributed by atoms with Gasteiger partial charge in [-0.2, -0.15) is 0 Å². The van der Waals surface area contributed by atoms with Gasteiger partial charge in [0.05, 0.1) is 0 Å². The summed E-state index contributed by atoms with van der Waals surface area (Å²) in [6.45, 7) is 0. The van der Waals surface area contributed by atoms with Crippen LogP contribution in [0.2, 0.25) is 10.0 Å². The van der Waals surface area contributed by atoms with Crippen LogP contribution in [0, 0.1) is 5.82 Å². The van der Waals surface area contributed by atoms with Crippen LogP contribution in [0.25, 0.3) is 0 Å². The molecule has 0 saturated heterocycles. The van der Waals surface area contributed by atoms with Gasteiger partial charge in [0.25, 0.3) is 0 Å². The molecule has 0 aliphatic carbocycles. The monoisotopic (exact) mass is 375 g/mol. The lowest BCUT2D eigenvalue weighted by Gasteiger charge is -2.18. The van der Waals surface area contributed by atoms with Crippen LogP contribution >= 0.6 is 39.1 Å². The average Bonchev–Trinajstić information content (AvgIpc) is 2.41. The van der Waals surface area contributed by atoms with E-state index in [9.17, 15) is 4.39 Å². The summed E-state index contributed by atoms with van der Waals surface area (Å²) in [5.41, 5.74) is 1.53. The Balaban J connectivity index is 2.31. The third-order valence-corrected chi connectivity index (χ3v) is 4.20. The zero-order valence-electron chi connectivity index (χ0n) is 10.8. The second kappa shape index (κ2) is 6.90. The van der Waals surface area contributed by atoms with Gasteiger partial charge in [-0.05, 0) is 49.4 Å². The van der Waals surface area contributed by atoms with Crippen LogP contribution in [0.15, 0.2) is 40.9 Å². The number of likely N-dealkylation sites (N-methyl/N-ethyl adjacent to an activating group) is 1. The first kappa shape index (κ1) is 15.8. The minimum Gasteiger partial charge on any atom is -0.313 e. The Morgan fingerprint density at radius 1 is 1.20 bits per heavy atom. The van der Waals surface area contributed by atoms with Crippen LogP contribution in [-0.2, 0) is 6.42 Å². The summed E-state index contributed by atoms with van der Waals surface area (Å²) in [7, 11) is 1.80. The van der Waals surface area contributed by atoms with E-state index < -0.39 is 0 Å². The second-order valence-corrected chi connectivity index (χ2v) is 6.21. The van der Waals surface area contributed by atoms with Crippen molar-refractivity contribution in [2.75, 3.05) is 7.05 Å². The van der Waals surface area contributed by atoms with Crippen molar-refractivity contribution in [2.24, 2.45) is 0 Å². The molecule has 0 bridgehead atoms. The zero-order chi connectivity index (χ0) is 14.7. The lowest BCUT2D eigenvalue weighted by Crippen LogP contribution is -2.20. The molecule has 5 heteroatoms. The number of hydrogen-bond donors (Lipinski definition) is 1. The van der Waals surface area contributed by atoms with E-state index in [-0.39, 0.29) is 11.9 Å². The molecular weight excluding hydrogens is 364 g/mol. The Morgan fingerprint density at radius 2 is 1.95 bits per heavy atom. The highest BCUT2D eigenvalue weighted by molar-refractivity contribution is 9.10. The molecule has 0 radical (unpaired) electrons. The fourth-order valence-electron chi connectivity index (χ4n) is 2.06. The van der Waals surface area contributed by atoms with E-state index in [0.717, 1.165) is 10.0 Å². The molecular formula is C15H13BrCl2FN. The molecule has 106 valence electrons. The SMILES string of the molecule is CNC(Cc1ccc(Cl)cc1Cl)c1cc(Br)ccc1F. The van der Waals surface area contributed by atoms with E-state index >= 15 is 0 Å². The van der Waals surface area contributed by atoms with Crippen molar-refractivity contribution >= 4 is 39.1 Å². The standard InChI is InChI=1S/C15H13BrCl2FN/c1-20-15(12-7-10(16)3-5-14(12)19)6-9-2-4-11(17)8-13(9)18/h2-5,7-8,15,20H,6H2,1H3. The molecule has 0 heterocycles. The smallest absolute Gasteiger partial charge is 0.128 e. The number of halogens is 4. The van der Waals surface area contributed by atoms with E-state index in [4.69, 9.17) is 23.2 Å². The van der Waals surface area contributed by atoms with Gasteiger partial charge in [0.1, 0.15) is 5.82 Å². The van der Waals surface area contributed by atoms with Gasteiger partial charge in [-0.3, -0.25) is 0 Å². The summed E-state index contributed by atoms with van der Waals surface area (Å²) < 4.78 is 14.8. The summed E-state index contributed by atoms with van der Waals surface area (Å²) in [5, 5.41) is 4.31. The third-order valence-electron chi connectivity index (χ3n) is 3.12. The molecule has 1 atom stereocenters. The van der Waals surface area contributed by atoms with E-state index in [0.29, 0.717) is 22.0 Å². The van der Waals surface area contributed by atoms with Crippen LogP contribution in [0.4, 0.5) is 4.39 Å². The first-order valence-electron chi connectivity index (χ1n) is 6.07. The summed E-state index contributed by atoms with van der Waals surface area (Å²) in [4.78, 5) is 0. The highest BCUT2D eigenvalue weighted by Gasteiger charge is 2.16. The molecule has 0 aromatic heterocycles. The van der Waals surface area contributed by atoms with Crippen LogP contribution < -0.4 is 5.32 Å². The maximum Gasteiger partial charge on any atom is 0.128 e. The van der Waals surface area contributed by atoms with Crippen molar-refractivity contribution in [1.29, 1.82) is 0 Å². The lowest BCUT2D eigenvalue weighted by molar-refractivity contribution is 0.533. The van der Waals surface area contributed by atoms with Crippen molar-refractivity contribution < 1.29 is 4.39 Å². The van der Waals surface area contributed by atoms with Crippen LogP contribution in [0.3, 0.4) is 0 Å². The average molecular weight is 377 g/mol. The van der Waals surface area contributed by atoms with Gasteiger partial charge >= 0.3 is 0 Å². The molecule has 1 nitrogen and oxygen atoms in total. The van der Waals surface area contributed by atoms with E-state index in [2.05, 4.69) is 21.2 Å². The Labute approximate surface area is 136 Å². The fraction of sp³-hybridized carbons (Fsp3) is 0.200. The van der Waals surface area contributed by atoms with Crippen molar-refractivity contribution in [1.82, 2.24) is 5.32 Å². The maximum atomic E-state index is 14.0. The van der Waals surface area contributed by atoms with Crippen LogP contribution in [0.5, 0.6) is 0 Å². The number of benzene rings is 2. The summed E-state index contributed by atoms with van der Waals surface area (Å²) >= 11 is 15.4. The minimum atomic E-state index is -0.238. The molecule has 0 amide bonds. The van der Waals surface area contributed by atoms with Gasteiger partial charge in [-0.15, -0.1) is 0 Å². The summed E-state index contributed by atoms with van der Waals surface area (Å²) in [6, 6.07) is 10.1. The van der Waals surface area contributed by atoms with Crippen molar-refractivity contribution in [2.45, 2.75) is 12.5 Å². The number of rotatable bonds is 4. The van der Waals surface area contributed by atoms with Crippen molar-refractivity contribution in [3.63, 3.8) is 0 Å². The molecule has 1 unspecified atom stereocenters. The van der Waals surface area contributed by atoms with Gasteiger partial charge in [0.2, 0.25) is 0 Å². The molecule has 20 heavy (non-hydrogen) atoms. The minimum absolute atomic E-state index is 0.161. The molecule has 2 aromatic carbocycles. The van der Waals surface area contributed by atoms with Crippen LogP contribution in [-0.4, -0.2) is 7.05 Å². The summed E-state index contributed by atoms with van der Waals surface area (Å²) in [5.74, 6) is -0.238. The quantitative estimate of drug-likeness (QED) is 0.753. The molecule has 2 aromatic rings. The normalized spacial score (nSPS) is 12.4. The van der Waals surface area contributed by atoms with E-state index in [1.54, 1.807) is 31.3 Å². The Hall–Kier alpha value is -0.610. The summed E-state index contributed by atoms with van der Waals surface area (Å²) in [6.07, 6.45) is 0.583. The Bertz CT molecular complexity index is 619. The van der Waals surface area contributed by atoms with Gasteiger partial charge in [-0.1, -0.05) is 45.2 Å².